The third kappa shape index (κ3) is 4.28. The predicted octanol–water partition coefficient (Wildman–Crippen LogP) is 2.46. The Morgan fingerprint density at radius 1 is 1.19 bits per heavy atom. The molecule has 0 unspecified atom stereocenters. The molecule has 1 aliphatic rings. The lowest BCUT2D eigenvalue weighted by molar-refractivity contribution is -0.136. The molecule has 26 heavy (non-hydrogen) atoms. The Hall–Kier alpha value is -2.70. The first-order chi connectivity index (χ1) is 12.5. The molecule has 0 saturated heterocycles. The molecule has 1 aliphatic carbocycles. The zero-order valence-corrected chi connectivity index (χ0v) is 15.2. The quantitative estimate of drug-likeness (QED) is 0.769. The highest BCUT2D eigenvalue weighted by Gasteiger charge is 2.25. The fourth-order valence-electron chi connectivity index (χ4n) is 3.24. The highest BCUT2D eigenvalue weighted by molar-refractivity contribution is 5.91. The van der Waals surface area contributed by atoms with Crippen molar-refractivity contribution in [1.29, 1.82) is 0 Å². The van der Waals surface area contributed by atoms with Gasteiger partial charge in [0.15, 0.2) is 6.61 Å². The largest absolute Gasteiger partial charge is 0.452 e. The van der Waals surface area contributed by atoms with Gasteiger partial charge in [-0.25, -0.2) is 14.5 Å². The third-order valence-electron chi connectivity index (χ3n) is 5.04. The summed E-state index contributed by atoms with van der Waals surface area (Å²) >= 11 is 0. The van der Waals surface area contributed by atoms with Crippen LogP contribution in [0.1, 0.15) is 43.0 Å². The SMILES string of the molecule is CC1CCC(N(C)C(=O)COC(=O)c2ccc(-n3cncn3)cc2)CC1. The lowest BCUT2D eigenvalue weighted by Crippen LogP contribution is -2.41. The van der Waals surface area contributed by atoms with Gasteiger partial charge in [-0.15, -0.1) is 0 Å². The number of amides is 1. The van der Waals surface area contributed by atoms with Gasteiger partial charge in [0.1, 0.15) is 12.7 Å². The Balaban J connectivity index is 1.51. The van der Waals surface area contributed by atoms with Crippen LogP contribution in [0.4, 0.5) is 0 Å². The molecule has 0 atom stereocenters. The number of nitrogens with zero attached hydrogens (tertiary/aromatic N) is 4. The molecule has 0 spiro atoms. The minimum absolute atomic E-state index is 0.155. The van der Waals surface area contributed by atoms with E-state index in [4.69, 9.17) is 4.74 Å². The summed E-state index contributed by atoms with van der Waals surface area (Å²) in [5, 5.41) is 4.03. The number of hydrogen-bond donors (Lipinski definition) is 0. The molecule has 0 bridgehead atoms. The van der Waals surface area contributed by atoms with Crippen LogP contribution >= 0.6 is 0 Å². The molecule has 1 aromatic heterocycles. The maximum atomic E-state index is 12.3. The van der Waals surface area contributed by atoms with E-state index in [1.54, 1.807) is 47.2 Å². The molecule has 0 N–H and O–H groups in total. The first-order valence-corrected chi connectivity index (χ1v) is 8.92. The third-order valence-corrected chi connectivity index (χ3v) is 5.04. The van der Waals surface area contributed by atoms with E-state index in [0.717, 1.165) is 37.3 Å². The van der Waals surface area contributed by atoms with E-state index < -0.39 is 5.97 Å². The Morgan fingerprint density at radius 2 is 1.88 bits per heavy atom. The Morgan fingerprint density at radius 3 is 2.50 bits per heavy atom. The molecule has 138 valence electrons. The van der Waals surface area contributed by atoms with Gasteiger partial charge in [0.2, 0.25) is 0 Å². The lowest BCUT2D eigenvalue weighted by atomic mass is 9.87. The molecule has 1 heterocycles. The summed E-state index contributed by atoms with van der Waals surface area (Å²) in [6, 6.07) is 7.05. The first-order valence-electron chi connectivity index (χ1n) is 8.92. The smallest absolute Gasteiger partial charge is 0.338 e. The van der Waals surface area contributed by atoms with Crippen molar-refractivity contribution in [3.8, 4) is 5.69 Å². The molecule has 0 aliphatic heterocycles. The summed E-state index contributed by atoms with van der Waals surface area (Å²) < 4.78 is 6.78. The summed E-state index contributed by atoms with van der Waals surface area (Å²) in [5.74, 6) is 0.0689. The van der Waals surface area contributed by atoms with E-state index in [9.17, 15) is 9.59 Å². The molecule has 7 nitrogen and oxygen atoms in total. The number of rotatable bonds is 5. The standard InChI is InChI=1S/C19H24N4O3/c1-14-3-7-16(8-4-14)22(2)18(24)11-26-19(25)15-5-9-17(10-6-15)23-13-20-12-21-23/h5-6,9-10,12-14,16H,3-4,7-8,11H2,1-2H3. The fraction of sp³-hybridized carbons (Fsp3) is 0.474. The van der Waals surface area contributed by atoms with E-state index in [1.165, 1.54) is 6.33 Å². The molecule has 1 amide bonds. The average Bonchev–Trinajstić information content (AvgIpc) is 3.21. The number of aromatic nitrogens is 3. The number of carbonyl (C=O) groups is 2. The number of benzene rings is 1. The van der Waals surface area contributed by atoms with E-state index in [-0.39, 0.29) is 18.6 Å². The van der Waals surface area contributed by atoms with Crippen LogP contribution in [0.15, 0.2) is 36.9 Å². The van der Waals surface area contributed by atoms with Gasteiger partial charge in [-0.05, 0) is 55.9 Å². The van der Waals surface area contributed by atoms with Crippen LogP contribution in [-0.4, -0.2) is 51.2 Å². The fourth-order valence-corrected chi connectivity index (χ4v) is 3.24. The van der Waals surface area contributed by atoms with Crippen molar-refractivity contribution in [2.75, 3.05) is 13.7 Å². The van der Waals surface area contributed by atoms with Gasteiger partial charge in [-0.3, -0.25) is 4.79 Å². The number of carbonyl (C=O) groups excluding carboxylic acids is 2. The van der Waals surface area contributed by atoms with Gasteiger partial charge < -0.3 is 9.64 Å². The molecule has 7 heteroatoms. The second-order valence-electron chi connectivity index (χ2n) is 6.88. The van der Waals surface area contributed by atoms with Gasteiger partial charge in [0.25, 0.3) is 5.91 Å². The zero-order valence-electron chi connectivity index (χ0n) is 15.2. The number of likely N-dealkylation sites (N-methyl/N-ethyl adjacent to an activating group) is 1. The van der Waals surface area contributed by atoms with Crippen LogP contribution in [0, 0.1) is 5.92 Å². The number of esters is 1. The highest BCUT2D eigenvalue weighted by atomic mass is 16.5. The molecule has 1 fully saturated rings. The van der Waals surface area contributed by atoms with E-state index >= 15 is 0 Å². The molecule has 1 saturated carbocycles. The predicted molar refractivity (Wildman–Crippen MR) is 95.8 cm³/mol. The summed E-state index contributed by atoms with van der Waals surface area (Å²) in [6.45, 7) is 2.01. The topological polar surface area (TPSA) is 77.3 Å². The van der Waals surface area contributed by atoms with Crippen LogP contribution < -0.4 is 0 Å². The van der Waals surface area contributed by atoms with Crippen LogP contribution in [0.5, 0.6) is 0 Å². The summed E-state index contributed by atoms with van der Waals surface area (Å²) in [6.07, 6.45) is 7.33. The normalized spacial score (nSPS) is 19.8. The molecule has 1 aromatic carbocycles. The highest BCUT2D eigenvalue weighted by Crippen LogP contribution is 2.26. The van der Waals surface area contributed by atoms with Crippen LogP contribution in [0.3, 0.4) is 0 Å². The molecule has 0 radical (unpaired) electrons. The van der Waals surface area contributed by atoms with Gasteiger partial charge in [-0.2, -0.15) is 5.10 Å². The van der Waals surface area contributed by atoms with E-state index in [1.807, 2.05) is 0 Å². The van der Waals surface area contributed by atoms with Crippen molar-refractivity contribution in [1.82, 2.24) is 19.7 Å². The minimum atomic E-state index is -0.505. The van der Waals surface area contributed by atoms with Crippen molar-refractivity contribution in [2.45, 2.75) is 38.6 Å². The second-order valence-corrected chi connectivity index (χ2v) is 6.88. The van der Waals surface area contributed by atoms with Gasteiger partial charge in [-0.1, -0.05) is 6.92 Å². The Kier molecular flexibility index (Phi) is 5.65. The lowest BCUT2D eigenvalue weighted by Gasteiger charge is -2.33. The Bertz CT molecular complexity index is 735. The summed E-state index contributed by atoms with van der Waals surface area (Å²) in [7, 11) is 1.80. The molecule has 3 rings (SSSR count). The van der Waals surface area contributed by atoms with Gasteiger partial charge in [0, 0.05) is 13.1 Å². The molecular weight excluding hydrogens is 332 g/mol. The van der Waals surface area contributed by atoms with Gasteiger partial charge >= 0.3 is 5.97 Å². The van der Waals surface area contributed by atoms with Crippen LogP contribution in [-0.2, 0) is 9.53 Å². The second kappa shape index (κ2) is 8.12. The molecular formula is C19H24N4O3. The molecule has 2 aromatic rings. The van der Waals surface area contributed by atoms with Crippen molar-refractivity contribution in [3.05, 3.63) is 42.5 Å². The minimum Gasteiger partial charge on any atom is -0.452 e. The van der Waals surface area contributed by atoms with E-state index in [0.29, 0.717) is 5.56 Å². The monoisotopic (exact) mass is 356 g/mol. The van der Waals surface area contributed by atoms with Crippen molar-refractivity contribution in [2.24, 2.45) is 5.92 Å². The van der Waals surface area contributed by atoms with Gasteiger partial charge in [0.05, 0.1) is 11.3 Å². The van der Waals surface area contributed by atoms with Crippen LogP contribution in [0.2, 0.25) is 0 Å². The maximum absolute atomic E-state index is 12.3. The van der Waals surface area contributed by atoms with Crippen molar-refractivity contribution >= 4 is 11.9 Å². The average molecular weight is 356 g/mol. The van der Waals surface area contributed by atoms with E-state index in [2.05, 4.69) is 17.0 Å². The summed E-state index contributed by atoms with van der Waals surface area (Å²) in [4.78, 5) is 30.1. The van der Waals surface area contributed by atoms with Crippen LogP contribution in [0.25, 0.3) is 5.69 Å². The van der Waals surface area contributed by atoms with Crippen molar-refractivity contribution < 1.29 is 14.3 Å². The number of ether oxygens (including phenoxy) is 1. The zero-order chi connectivity index (χ0) is 18.5. The Labute approximate surface area is 153 Å². The first kappa shape index (κ1) is 18.1. The maximum Gasteiger partial charge on any atom is 0.338 e. The summed E-state index contributed by atoms with van der Waals surface area (Å²) in [5.41, 5.74) is 1.19. The number of hydrogen-bond acceptors (Lipinski definition) is 5. The van der Waals surface area contributed by atoms with Crippen molar-refractivity contribution in [3.63, 3.8) is 0 Å².